The Morgan fingerprint density at radius 2 is 1.70 bits per heavy atom. The predicted octanol–water partition coefficient (Wildman–Crippen LogP) is 1.71. The molecule has 1 heterocycles. The molecule has 5 atom stereocenters. The van der Waals surface area contributed by atoms with Crippen LogP contribution in [-0.2, 0) is 19.2 Å². The standard InChI is InChI=1S/C27H45N5O5/c1-25(2,3)20(30-24(37)31-26(4,5)6)23(36)32-13-15-17(27(15,7)8)18(32)22(35)29-16(19(33)21(28)34)12-14-10-9-11-14/h14-18,20H,9-13H2,1-8H3,(H2,28,34)(H,29,35)(H2,30,31,37)/t15-,16-,17-,18-,20+/m0/s1/i9D2,10D2,11D2,12D2,14D. The van der Waals surface area contributed by atoms with Crippen LogP contribution in [0.2, 0.25) is 0 Å². The van der Waals surface area contributed by atoms with Crippen LogP contribution in [0.1, 0.15) is 93.2 Å². The van der Waals surface area contributed by atoms with Crippen molar-refractivity contribution in [3.63, 3.8) is 0 Å². The fourth-order valence-electron chi connectivity index (χ4n) is 5.01. The summed E-state index contributed by atoms with van der Waals surface area (Å²) in [5.74, 6) is -9.76. The zero-order valence-corrected chi connectivity index (χ0v) is 22.7. The van der Waals surface area contributed by atoms with Crippen LogP contribution in [0.15, 0.2) is 0 Å². The minimum absolute atomic E-state index is 0.0543. The number of likely N-dealkylation sites (tertiary alicyclic amines) is 1. The van der Waals surface area contributed by atoms with E-state index >= 15 is 0 Å². The van der Waals surface area contributed by atoms with Gasteiger partial charge in [-0.1, -0.05) is 53.7 Å². The third kappa shape index (κ3) is 6.26. The van der Waals surface area contributed by atoms with Crippen molar-refractivity contribution in [2.24, 2.45) is 34.3 Å². The van der Waals surface area contributed by atoms with Gasteiger partial charge in [0.1, 0.15) is 12.1 Å². The van der Waals surface area contributed by atoms with Crippen molar-refractivity contribution in [1.29, 1.82) is 0 Å². The molecular formula is C27H45N5O5. The molecule has 1 saturated heterocycles. The molecule has 0 radical (unpaired) electrons. The van der Waals surface area contributed by atoms with Gasteiger partial charge in [-0.2, -0.15) is 0 Å². The van der Waals surface area contributed by atoms with Gasteiger partial charge in [0.15, 0.2) is 0 Å². The number of Topliss-reactive ketones (excluding diaryl/α,β-unsaturated/α-hetero) is 1. The number of carbonyl (C=O) groups excluding carboxylic acids is 5. The first-order valence-corrected chi connectivity index (χ1v) is 12.3. The summed E-state index contributed by atoms with van der Waals surface area (Å²) in [6.07, 6.45) is -14.2. The highest BCUT2D eigenvalue weighted by Crippen LogP contribution is 2.65. The zero-order chi connectivity index (χ0) is 36.2. The summed E-state index contributed by atoms with van der Waals surface area (Å²) >= 11 is 0. The van der Waals surface area contributed by atoms with Crippen LogP contribution in [0.4, 0.5) is 4.79 Å². The number of amides is 5. The first-order valence-electron chi connectivity index (χ1n) is 16.8. The lowest BCUT2D eigenvalue weighted by molar-refractivity contribution is -0.145. The van der Waals surface area contributed by atoms with Crippen molar-refractivity contribution < 1.29 is 36.3 Å². The van der Waals surface area contributed by atoms with Gasteiger partial charge in [0, 0.05) is 24.4 Å². The summed E-state index contributed by atoms with van der Waals surface area (Å²) in [6.45, 7) is 14.1. The lowest BCUT2D eigenvalue weighted by atomic mass is 9.80. The Morgan fingerprint density at radius 1 is 1.11 bits per heavy atom. The number of nitrogens with two attached hydrogens (primary N) is 1. The highest BCUT2D eigenvalue weighted by Gasteiger charge is 2.70. The predicted molar refractivity (Wildman–Crippen MR) is 139 cm³/mol. The van der Waals surface area contributed by atoms with Gasteiger partial charge >= 0.3 is 6.03 Å². The molecule has 0 aromatic rings. The van der Waals surface area contributed by atoms with Crippen LogP contribution in [0.5, 0.6) is 0 Å². The molecule has 3 fully saturated rings. The van der Waals surface area contributed by atoms with E-state index in [1.54, 1.807) is 41.5 Å². The summed E-state index contributed by atoms with van der Waals surface area (Å²) in [7, 11) is 0. The van der Waals surface area contributed by atoms with E-state index in [0.717, 1.165) is 0 Å². The fraction of sp³-hybridized carbons (Fsp3) is 0.815. The van der Waals surface area contributed by atoms with E-state index in [1.165, 1.54) is 4.90 Å². The first kappa shape index (κ1) is 18.6. The molecule has 3 rings (SSSR count). The average molecular weight is 529 g/mol. The van der Waals surface area contributed by atoms with Crippen molar-refractivity contribution in [3.8, 4) is 0 Å². The lowest BCUT2D eigenvalue weighted by Gasteiger charge is -2.38. The molecule has 10 nitrogen and oxygen atoms in total. The average Bonchev–Trinajstić information content (AvgIpc) is 3.19. The quantitative estimate of drug-likeness (QED) is 0.354. The zero-order valence-electron chi connectivity index (χ0n) is 31.7. The molecule has 208 valence electrons. The molecule has 0 bridgehead atoms. The SMILES string of the molecule is [2H]C([2H])([C@H](NC(=O)[C@@H]1[C@@H]2[C@H](CN1C(=O)[C@@H](NC(=O)NC(C)(C)C)C(C)(C)C)C2(C)C)C(=O)C(N)=O)C1([2H])C([2H])([2H])C([2H])([2H])C1([2H])[2H]. The van der Waals surface area contributed by atoms with Gasteiger partial charge in [0.05, 0.1) is 6.04 Å². The first-order chi connectivity index (χ1) is 20.2. The largest absolute Gasteiger partial charge is 0.363 e. The molecule has 5 amide bonds. The molecular weight excluding hydrogens is 474 g/mol. The van der Waals surface area contributed by atoms with E-state index in [9.17, 15) is 24.0 Å². The Labute approximate surface area is 232 Å². The second kappa shape index (κ2) is 9.91. The Morgan fingerprint density at radius 3 is 2.22 bits per heavy atom. The van der Waals surface area contributed by atoms with E-state index in [4.69, 9.17) is 18.1 Å². The summed E-state index contributed by atoms with van der Waals surface area (Å²) in [4.78, 5) is 67.2. The summed E-state index contributed by atoms with van der Waals surface area (Å²) in [5.41, 5.74) is 3.15. The van der Waals surface area contributed by atoms with Crippen LogP contribution in [0.3, 0.4) is 0 Å². The number of hydrogen-bond donors (Lipinski definition) is 4. The number of piperidine rings is 1. The van der Waals surface area contributed by atoms with E-state index in [1.807, 2.05) is 13.8 Å². The molecule has 0 aromatic heterocycles. The van der Waals surface area contributed by atoms with Crippen molar-refractivity contribution >= 4 is 29.5 Å². The number of ketones is 1. The third-order valence-corrected chi connectivity index (χ3v) is 7.09. The highest BCUT2D eigenvalue weighted by molar-refractivity contribution is 6.37. The number of fused-ring (bicyclic) bond motifs is 1. The monoisotopic (exact) mass is 528 g/mol. The van der Waals surface area contributed by atoms with Gasteiger partial charge < -0.3 is 26.6 Å². The summed E-state index contributed by atoms with van der Waals surface area (Å²) in [5, 5.41) is 7.43. The van der Waals surface area contributed by atoms with Crippen molar-refractivity contribution in [1.82, 2.24) is 20.9 Å². The van der Waals surface area contributed by atoms with Gasteiger partial charge in [-0.3, -0.25) is 19.2 Å². The molecule has 2 aliphatic carbocycles. The van der Waals surface area contributed by atoms with E-state index in [-0.39, 0.29) is 12.5 Å². The van der Waals surface area contributed by atoms with Gasteiger partial charge in [0.25, 0.3) is 5.91 Å². The van der Waals surface area contributed by atoms with Crippen LogP contribution >= 0.6 is 0 Å². The van der Waals surface area contributed by atoms with Gasteiger partial charge in [-0.25, -0.2) is 4.79 Å². The molecule has 1 aliphatic heterocycles. The summed E-state index contributed by atoms with van der Waals surface area (Å²) < 4.78 is 74.0. The van der Waals surface area contributed by atoms with Crippen molar-refractivity contribution in [2.45, 2.75) is 105 Å². The van der Waals surface area contributed by atoms with E-state index < -0.39 is 101 Å². The third-order valence-electron chi connectivity index (χ3n) is 7.09. The van der Waals surface area contributed by atoms with E-state index in [2.05, 4.69) is 16.0 Å². The van der Waals surface area contributed by atoms with Crippen molar-refractivity contribution in [3.05, 3.63) is 0 Å². The number of nitrogens with zero attached hydrogens (tertiary/aromatic N) is 1. The number of nitrogens with one attached hydrogen (secondary N) is 3. The summed E-state index contributed by atoms with van der Waals surface area (Å²) in [6, 6.07) is -5.89. The van der Waals surface area contributed by atoms with E-state index in [0.29, 0.717) is 0 Å². The number of carbonyl (C=O) groups is 5. The molecule has 0 spiro atoms. The lowest BCUT2D eigenvalue weighted by Crippen LogP contribution is -2.62. The minimum Gasteiger partial charge on any atom is -0.363 e. The molecule has 2 saturated carbocycles. The highest BCUT2D eigenvalue weighted by atomic mass is 16.2. The number of primary amides is 1. The maximum atomic E-state index is 14.1. The molecule has 10 heteroatoms. The smallest absolute Gasteiger partial charge is 0.315 e. The Bertz CT molecular complexity index is 1320. The second-order valence-electron chi connectivity index (χ2n) is 12.6. The van der Waals surface area contributed by atoms with Crippen molar-refractivity contribution in [2.75, 3.05) is 6.54 Å². The minimum atomic E-state index is -3.74. The maximum absolute atomic E-state index is 14.1. The van der Waals surface area contributed by atoms with Crippen LogP contribution in [0.25, 0.3) is 0 Å². The Balaban J connectivity index is 2.04. The number of urea groups is 1. The molecule has 37 heavy (non-hydrogen) atoms. The second-order valence-corrected chi connectivity index (χ2v) is 12.6. The van der Waals surface area contributed by atoms with Crippen LogP contribution in [-0.4, -0.2) is 64.6 Å². The van der Waals surface area contributed by atoms with Gasteiger partial charge in [-0.05, 0) is 55.7 Å². The normalized spacial score (nSPS) is 35.2. The Hall–Kier alpha value is -2.65. The number of rotatable bonds is 8. The molecule has 5 N–H and O–H groups in total. The number of hydrogen-bond acceptors (Lipinski definition) is 5. The van der Waals surface area contributed by atoms with Gasteiger partial charge in [-0.15, -0.1) is 0 Å². The molecule has 0 unspecified atom stereocenters. The topological polar surface area (TPSA) is 151 Å². The molecule has 0 aromatic carbocycles. The maximum Gasteiger partial charge on any atom is 0.315 e. The molecule has 3 aliphatic rings. The van der Waals surface area contributed by atoms with Crippen LogP contribution < -0.4 is 21.7 Å². The Kier molecular flexibility index (Phi) is 4.97. The van der Waals surface area contributed by atoms with Crippen LogP contribution in [0, 0.1) is 28.6 Å². The van der Waals surface area contributed by atoms with Gasteiger partial charge in [0.2, 0.25) is 17.6 Å². The fourth-order valence-corrected chi connectivity index (χ4v) is 5.01.